The van der Waals surface area contributed by atoms with Crippen LogP contribution in [-0.2, 0) is 0 Å². The lowest BCUT2D eigenvalue weighted by molar-refractivity contribution is 0.604. The Labute approximate surface area is 123 Å². The van der Waals surface area contributed by atoms with Gasteiger partial charge in [0.25, 0.3) is 0 Å². The van der Waals surface area contributed by atoms with Crippen LogP contribution in [0.3, 0.4) is 0 Å². The number of hydrogen-bond acceptors (Lipinski definition) is 2. The third-order valence-corrected chi connectivity index (χ3v) is 5.97. The zero-order chi connectivity index (χ0) is 13.6. The lowest BCUT2D eigenvalue weighted by Crippen LogP contribution is -1.94. The first-order chi connectivity index (χ1) is 9.09. The lowest BCUT2D eigenvalue weighted by Gasteiger charge is -2.13. The Morgan fingerprint density at radius 3 is 1.58 bits per heavy atom. The van der Waals surface area contributed by atoms with Crippen LogP contribution in [0.5, 0.6) is 0 Å². The van der Waals surface area contributed by atoms with Crippen LogP contribution < -0.4 is 0 Å². The van der Waals surface area contributed by atoms with Gasteiger partial charge in [-0.1, -0.05) is 13.8 Å². The van der Waals surface area contributed by atoms with Crippen LogP contribution in [0.25, 0.3) is 11.1 Å². The van der Waals surface area contributed by atoms with E-state index in [9.17, 15) is 0 Å². The Balaban J connectivity index is 2.23. The van der Waals surface area contributed by atoms with Crippen molar-refractivity contribution in [1.82, 2.24) is 0 Å². The van der Waals surface area contributed by atoms with Crippen molar-refractivity contribution in [2.45, 2.75) is 34.1 Å². The highest BCUT2D eigenvalue weighted by Crippen LogP contribution is 2.49. The molecule has 0 spiro atoms. The second-order valence-corrected chi connectivity index (χ2v) is 7.89. The summed E-state index contributed by atoms with van der Waals surface area (Å²) < 4.78 is 0. The average Bonchev–Trinajstić information content (AvgIpc) is 3.00. The van der Waals surface area contributed by atoms with Crippen molar-refractivity contribution < 1.29 is 0 Å². The second-order valence-electron chi connectivity index (χ2n) is 5.65. The topological polar surface area (TPSA) is 0 Å². The molecule has 0 saturated carbocycles. The van der Waals surface area contributed by atoms with Crippen molar-refractivity contribution >= 4 is 33.8 Å². The van der Waals surface area contributed by atoms with Gasteiger partial charge in [-0.25, -0.2) is 0 Å². The molecule has 0 N–H and O–H groups in total. The van der Waals surface area contributed by atoms with Crippen LogP contribution in [-0.4, -0.2) is 0 Å². The van der Waals surface area contributed by atoms with Gasteiger partial charge in [-0.2, -0.15) is 0 Å². The first-order valence-corrected chi connectivity index (χ1v) is 8.68. The molecule has 2 heterocycles. The molecule has 3 rings (SSSR count). The summed E-state index contributed by atoms with van der Waals surface area (Å²) in [7, 11) is 0. The van der Waals surface area contributed by atoms with E-state index in [1.54, 1.807) is 11.1 Å². The summed E-state index contributed by atoms with van der Waals surface area (Å²) in [6.45, 7) is 9.27. The molecule has 0 aliphatic heterocycles. The molecule has 0 amide bonds. The maximum Gasteiger partial charge on any atom is 0.00895 e. The predicted octanol–water partition coefficient (Wildman–Crippen LogP) is 6.01. The van der Waals surface area contributed by atoms with Crippen LogP contribution in [0.15, 0.2) is 22.9 Å². The molecule has 0 nitrogen and oxygen atoms in total. The Kier molecular flexibility index (Phi) is 3.40. The number of rotatable bonds is 2. The average molecular weight is 288 g/mol. The van der Waals surface area contributed by atoms with Crippen LogP contribution in [0, 0.1) is 25.7 Å². The Hall–Kier alpha value is -0.860. The van der Waals surface area contributed by atoms with Crippen molar-refractivity contribution in [3.05, 3.63) is 43.8 Å². The molecule has 0 fully saturated rings. The van der Waals surface area contributed by atoms with Gasteiger partial charge in [-0.15, -0.1) is 22.7 Å². The summed E-state index contributed by atoms with van der Waals surface area (Å²) in [5, 5.41) is 4.46. The fourth-order valence-electron chi connectivity index (χ4n) is 3.45. The number of allylic oxidation sites excluding steroid dienone is 2. The molecule has 2 atom stereocenters. The van der Waals surface area contributed by atoms with Gasteiger partial charge in [0.1, 0.15) is 0 Å². The summed E-state index contributed by atoms with van der Waals surface area (Å²) in [6, 6.07) is 4.62. The van der Waals surface area contributed by atoms with E-state index in [4.69, 9.17) is 0 Å². The molecule has 2 aromatic rings. The third kappa shape index (κ3) is 2.11. The fourth-order valence-corrected chi connectivity index (χ4v) is 4.87. The Morgan fingerprint density at radius 2 is 1.26 bits per heavy atom. The number of aryl methyl sites for hydroxylation is 2. The van der Waals surface area contributed by atoms with E-state index in [2.05, 4.69) is 50.6 Å². The van der Waals surface area contributed by atoms with Crippen molar-refractivity contribution in [1.29, 1.82) is 0 Å². The summed E-state index contributed by atoms with van der Waals surface area (Å²) >= 11 is 3.73. The van der Waals surface area contributed by atoms with Gasteiger partial charge in [0, 0.05) is 9.75 Å². The molecule has 0 saturated heterocycles. The fraction of sp³-hybridized carbons (Fsp3) is 0.412. The molecular formula is C17H20S2. The van der Waals surface area contributed by atoms with Gasteiger partial charge >= 0.3 is 0 Å². The number of hydrogen-bond donors (Lipinski definition) is 0. The van der Waals surface area contributed by atoms with Gasteiger partial charge in [0.15, 0.2) is 0 Å². The highest BCUT2D eigenvalue weighted by Gasteiger charge is 2.31. The molecule has 0 bridgehead atoms. The van der Waals surface area contributed by atoms with Crippen LogP contribution >= 0.6 is 22.7 Å². The minimum absolute atomic E-state index is 0.678. The standard InChI is InChI=1S/C17H20S2/c1-10-9-11(2)17(15-6-8-19-13(15)4)16(10)14-5-7-18-12(14)3/h5-8,10-11H,9H2,1-4H3. The predicted molar refractivity (Wildman–Crippen MR) is 87.9 cm³/mol. The van der Waals surface area contributed by atoms with E-state index in [0.29, 0.717) is 11.8 Å². The Bertz CT molecular complexity index is 573. The van der Waals surface area contributed by atoms with E-state index in [-0.39, 0.29) is 0 Å². The van der Waals surface area contributed by atoms with Crippen molar-refractivity contribution in [3.8, 4) is 0 Å². The Morgan fingerprint density at radius 1 is 0.842 bits per heavy atom. The van der Waals surface area contributed by atoms with Gasteiger partial charge < -0.3 is 0 Å². The van der Waals surface area contributed by atoms with E-state index in [0.717, 1.165) is 0 Å². The highest BCUT2D eigenvalue weighted by atomic mass is 32.1. The van der Waals surface area contributed by atoms with E-state index in [1.807, 2.05) is 22.7 Å². The van der Waals surface area contributed by atoms with E-state index in [1.165, 1.54) is 27.3 Å². The molecule has 2 unspecified atom stereocenters. The van der Waals surface area contributed by atoms with Crippen molar-refractivity contribution in [2.75, 3.05) is 0 Å². The molecule has 2 aromatic heterocycles. The second kappa shape index (κ2) is 4.92. The summed E-state index contributed by atoms with van der Waals surface area (Å²) in [4.78, 5) is 2.92. The maximum absolute atomic E-state index is 2.39. The van der Waals surface area contributed by atoms with Gasteiger partial charge in [0.2, 0.25) is 0 Å². The lowest BCUT2D eigenvalue weighted by atomic mass is 9.92. The molecule has 1 aliphatic rings. The van der Waals surface area contributed by atoms with E-state index < -0.39 is 0 Å². The molecule has 2 heteroatoms. The summed E-state index contributed by atoms with van der Waals surface area (Å²) in [5.41, 5.74) is 6.19. The molecule has 1 aliphatic carbocycles. The third-order valence-electron chi connectivity index (χ3n) is 4.28. The smallest absolute Gasteiger partial charge is 0.00895 e. The normalized spacial score (nSPS) is 23.4. The SMILES string of the molecule is Cc1sccc1C1=C(c2ccsc2C)C(C)CC1C. The molecule has 0 radical (unpaired) electrons. The monoisotopic (exact) mass is 288 g/mol. The van der Waals surface area contributed by atoms with Gasteiger partial charge in [-0.3, -0.25) is 0 Å². The zero-order valence-electron chi connectivity index (χ0n) is 12.0. The van der Waals surface area contributed by atoms with Crippen molar-refractivity contribution in [3.63, 3.8) is 0 Å². The first kappa shape index (κ1) is 13.1. The van der Waals surface area contributed by atoms with Crippen LogP contribution in [0.1, 0.15) is 41.1 Å². The number of thiophene rings is 2. The quantitative estimate of drug-likeness (QED) is 0.634. The largest absolute Gasteiger partial charge is 0.149 e. The maximum atomic E-state index is 2.39. The molecule has 19 heavy (non-hydrogen) atoms. The molecule has 0 aromatic carbocycles. The van der Waals surface area contributed by atoms with Gasteiger partial charge in [0.05, 0.1) is 0 Å². The van der Waals surface area contributed by atoms with Crippen molar-refractivity contribution in [2.24, 2.45) is 11.8 Å². The molecule has 100 valence electrons. The minimum atomic E-state index is 0.678. The minimum Gasteiger partial charge on any atom is -0.149 e. The first-order valence-electron chi connectivity index (χ1n) is 6.92. The van der Waals surface area contributed by atoms with Gasteiger partial charge in [-0.05, 0) is 77.3 Å². The van der Waals surface area contributed by atoms with E-state index >= 15 is 0 Å². The summed E-state index contributed by atoms with van der Waals surface area (Å²) in [6.07, 6.45) is 1.29. The zero-order valence-corrected chi connectivity index (χ0v) is 13.6. The van der Waals surface area contributed by atoms with Crippen LogP contribution in [0.4, 0.5) is 0 Å². The highest BCUT2D eigenvalue weighted by molar-refractivity contribution is 7.10. The van der Waals surface area contributed by atoms with Crippen LogP contribution in [0.2, 0.25) is 0 Å². The molecular weight excluding hydrogens is 268 g/mol. The summed E-state index contributed by atoms with van der Waals surface area (Å²) in [5.74, 6) is 1.36.